The first-order chi connectivity index (χ1) is 6.61. The molecule has 0 aliphatic carbocycles. The largest absolute Gasteiger partial charge is 0.480 e. The summed E-state index contributed by atoms with van der Waals surface area (Å²) >= 11 is 0. The maximum atomic E-state index is 11.1. The Hall–Kier alpha value is -0.545. The summed E-state index contributed by atoms with van der Waals surface area (Å²) in [6.45, 7) is 1.37. The second-order valence-electron chi connectivity index (χ2n) is 3.93. The molecule has 1 aliphatic heterocycles. The van der Waals surface area contributed by atoms with Gasteiger partial charge in [-0.1, -0.05) is 12.7 Å². The molecule has 2 atom stereocenters. The average molecular weight is 196 g/mol. The van der Waals surface area contributed by atoms with Gasteiger partial charge in [-0.2, -0.15) is 0 Å². The number of carboxylic acids is 1. The lowest BCUT2D eigenvalue weighted by atomic mass is 9.76. The van der Waals surface area contributed by atoms with E-state index in [1.54, 1.807) is 0 Å². The molecule has 1 rings (SSSR count). The van der Waals surface area contributed by atoms with Crippen molar-refractivity contribution in [2.24, 2.45) is 11.7 Å². The first-order valence-corrected chi connectivity index (χ1v) is 5.04. The predicted octanol–water partition coefficient (Wildman–Crippen LogP) is -0.255. The molecule has 0 aromatic rings. The lowest BCUT2D eigenvalue weighted by Crippen LogP contribution is -2.61. The van der Waals surface area contributed by atoms with Gasteiger partial charge < -0.3 is 16.2 Å². The first kappa shape index (κ1) is 11.5. The van der Waals surface area contributed by atoms with E-state index in [1.165, 1.54) is 0 Å². The lowest BCUT2D eigenvalue weighted by molar-refractivity contribution is -0.146. The van der Waals surface area contributed by atoms with Crippen molar-refractivity contribution in [1.29, 1.82) is 0 Å². The van der Waals surface area contributed by atoms with Crippen LogP contribution in [0, 0.1) is 5.92 Å². The van der Waals surface area contributed by atoms with Gasteiger partial charge >= 0.3 is 5.97 Å². The molecule has 1 heterocycles. The van der Waals surface area contributed by atoms with Crippen LogP contribution in [0.15, 0.2) is 0 Å². The molecule has 14 heavy (non-hydrogen) atoms. The molecule has 4 N–H and O–H groups in total. The molecule has 0 aromatic carbocycles. The summed E-state index contributed by atoms with van der Waals surface area (Å²) in [4.78, 5) is 11.1. The van der Waals surface area contributed by atoms with Gasteiger partial charge in [-0.15, -0.1) is 0 Å². The van der Waals surface area contributed by atoms with Gasteiger partial charge in [-0.3, -0.25) is 4.79 Å². The van der Waals surface area contributed by atoms with Crippen molar-refractivity contribution >= 4 is 13.8 Å². The zero-order chi connectivity index (χ0) is 10.6. The molecule has 0 bridgehead atoms. The summed E-state index contributed by atoms with van der Waals surface area (Å²) in [7, 11) is 5.40. The fourth-order valence-corrected chi connectivity index (χ4v) is 1.96. The van der Waals surface area contributed by atoms with Crippen molar-refractivity contribution in [3.05, 3.63) is 0 Å². The second-order valence-corrected chi connectivity index (χ2v) is 3.93. The van der Waals surface area contributed by atoms with Crippen molar-refractivity contribution in [1.82, 2.24) is 5.32 Å². The number of hydrogen-bond donors (Lipinski definition) is 3. The highest BCUT2D eigenvalue weighted by atomic mass is 16.4. The van der Waals surface area contributed by atoms with Gasteiger partial charge in [0.1, 0.15) is 5.54 Å². The van der Waals surface area contributed by atoms with Gasteiger partial charge in [0.15, 0.2) is 0 Å². The topological polar surface area (TPSA) is 75.3 Å². The predicted molar refractivity (Wildman–Crippen MR) is 55.3 cm³/mol. The van der Waals surface area contributed by atoms with E-state index in [1.807, 2.05) is 0 Å². The van der Waals surface area contributed by atoms with E-state index in [2.05, 4.69) is 5.32 Å². The van der Waals surface area contributed by atoms with Gasteiger partial charge in [0.2, 0.25) is 0 Å². The molecule has 1 aliphatic rings. The van der Waals surface area contributed by atoms with Crippen LogP contribution in [0.25, 0.3) is 0 Å². The van der Waals surface area contributed by atoms with E-state index in [-0.39, 0.29) is 5.92 Å². The molecule has 0 aromatic heterocycles. The third-order valence-electron chi connectivity index (χ3n) is 2.99. The maximum Gasteiger partial charge on any atom is 0.324 e. The summed E-state index contributed by atoms with van der Waals surface area (Å²) in [6.07, 6.45) is 2.70. The SMILES string of the molecule is [B]CCC[C@@H]1CNCC[C@@]1(N)C(=O)O. The van der Waals surface area contributed by atoms with E-state index in [4.69, 9.17) is 18.7 Å². The monoisotopic (exact) mass is 196 g/mol. The van der Waals surface area contributed by atoms with Crippen LogP contribution in [-0.2, 0) is 4.79 Å². The van der Waals surface area contributed by atoms with Crippen molar-refractivity contribution in [3.63, 3.8) is 0 Å². The highest BCUT2D eigenvalue weighted by Gasteiger charge is 2.43. The second kappa shape index (κ2) is 4.80. The number of rotatable bonds is 4. The van der Waals surface area contributed by atoms with Crippen LogP contribution in [0.4, 0.5) is 0 Å². The van der Waals surface area contributed by atoms with Crippen LogP contribution in [0.3, 0.4) is 0 Å². The molecule has 0 saturated carbocycles. The molecule has 2 radical (unpaired) electrons. The highest BCUT2D eigenvalue weighted by Crippen LogP contribution is 2.26. The minimum Gasteiger partial charge on any atom is -0.480 e. The number of hydrogen-bond acceptors (Lipinski definition) is 3. The summed E-state index contributed by atoms with van der Waals surface area (Å²) < 4.78 is 0. The van der Waals surface area contributed by atoms with Gasteiger partial charge in [0.25, 0.3) is 0 Å². The van der Waals surface area contributed by atoms with Crippen LogP contribution in [-0.4, -0.2) is 37.6 Å². The molecule has 0 spiro atoms. The summed E-state index contributed by atoms with van der Waals surface area (Å²) in [5.41, 5.74) is 4.85. The molecule has 5 heteroatoms. The van der Waals surface area contributed by atoms with Gasteiger partial charge in [-0.25, -0.2) is 0 Å². The molecule has 1 saturated heterocycles. The van der Waals surface area contributed by atoms with Gasteiger partial charge in [0.05, 0.1) is 7.85 Å². The average Bonchev–Trinajstić information content (AvgIpc) is 2.16. The van der Waals surface area contributed by atoms with E-state index in [0.717, 1.165) is 12.8 Å². The summed E-state index contributed by atoms with van der Waals surface area (Å²) in [5, 5.41) is 12.3. The fourth-order valence-electron chi connectivity index (χ4n) is 1.96. The Kier molecular flexibility index (Phi) is 3.95. The lowest BCUT2D eigenvalue weighted by Gasteiger charge is -2.38. The molecule has 0 unspecified atom stereocenters. The van der Waals surface area contributed by atoms with Gasteiger partial charge in [-0.05, 0) is 19.4 Å². The van der Waals surface area contributed by atoms with Crippen LogP contribution < -0.4 is 11.1 Å². The van der Waals surface area contributed by atoms with Crippen molar-refractivity contribution < 1.29 is 9.90 Å². The Bertz CT molecular complexity index is 213. The highest BCUT2D eigenvalue weighted by molar-refractivity contribution is 6.08. The molecule has 1 fully saturated rings. The zero-order valence-electron chi connectivity index (χ0n) is 8.33. The number of nitrogens with one attached hydrogen (secondary N) is 1. The molecule has 4 nitrogen and oxygen atoms in total. The Morgan fingerprint density at radius 1 is 1.71 bits per heavy atom. The first-order valence-electron chi connectivity index (χ1n) is 5.04. The number of nitrogens with two attached hydrogens (primary N) is 1. The number of piperidine rings is 1. The number of carbonyl (C=O) groups is 1. The summed E-state index contributed by atoms with van der Waals surface area (Å²) in [6, 6.07) is 0. The molecular weight excluding hydrogens is 179 g/mol. The third kappa shape index (κ3) is 2.28. The van der Waals surface area contributed by atoms with Crippen molar-refractivity contribution in [3.8, 4) is 0 Å². The minimum absolute atomic E-state index is 0.00250. The number of carboxylic acid groups (broad SMARTS) is 1. The van der Waals surface area contributed by atoms with Crippen LogP contribution in [0.1, 0.15) is 19.3 Å². The Balaban J connectivity index is 2.63. The van der Waals surface area contributed by atoms with Crippen LogP contribution in [0.5, 0.6) is 0 Å². The Morgan fingerprint density at radius 3 is 3.00 bits per heavy atom. The fraction of sp³-hybridized carbons (Fsp3) is 0.889. The molecule has 0 amide bonds. The van der Waals surface area contributed by atoms with E-state index in [0.29, 0.717) is 25.8 Å². The minimum atomic E-state index is -1.06. The third-order valence-corrected chi connectivity index (χ3v) is 2.99. The quantitative estimate of drug-likeness (QED) is 0.541. The normalized spacial score (nSPS) is 32.8. The van der Waals surface area contributed by atoms with Crippen LogP contribution in [0.2, 0.25) is 6.32 Å². The standard InChI is InChI=1S/C9H17BN2O2/c10-4-1-2-7-6-12-5-3-9(7,11)8(13)14/h7,12H,1-6,11H2,(H,13,14)/t7-,9+/m1/s1. The molecule has 78 valence electrons. The van der Waals surface area contributed by atoms with Crippen molar-refractivity contribution in [2.75, 3.05) is 13.1 Å². The van der Waals surface area contributed by atoms with E-state index in [9.17, 15) is 4.79 Å². The van der Waals surface area contributed by atoms with E-state index >= 15 is 0 Å². The van der Waals surface area contributed by atoms with Crippen molar-refractivity contribution in [2.45, 2.75) is 31.1 Å². The zero-order valence-corrected chi connectivity index (χ0v) is 8.33. The summed E-state index contributed by atoms with van der Waals surface area (Å²) in [5.74, 6) is -0.890. The maximum absolute atomic E-state index is 11.1. The number of aliphatic carboxylic acids is 1. The Labute approximate surface area is 85.7 Å². The molecular formula is C9H17BN2O2. The van der Waals surface area contributed by atoms with Gasteiger partial charge in [0, 0.05) is 12.5 Å². The van der Waals surface area contributed by atoms with E-state index < -0.39 is 11.5 Å². The Morgan fingerprint density at radius 2 is 2.43 bits per heavy atom. The van der Waals surface area contributed by atoms with Crippen LogP contribution >= 0.6 is 0 Å². The smallest absolute Gasteiger partial charge is 0.324 e.